The van der Waals surface area contributed by atoms with Crippen LogP contribution in [0.15, 0.2) is 36.7 Å². The maximum atomic E-state index is 12.2. The number of methoxy groups -OCH3 is 1. The summed E-state index contributed by atoms with van der Waals surface area (Å²) in [6.07, 6.45) is 5.91. The lowest BCUT2D eigenvalue weighted by molar-refractivity contribution is -0.0418. The molecule has 1 aromatic carbocycles. The number of nitrogens with zero attached hydrogens (tertiary/aromatic N) is 1. The number of rotatable bonds is 8. The fourth-order valence-electron chi connectivity index (χ4n) is 4.55. The third kappa shape index (κ3) is 5.61. The highest BCUT2D eigenvalue weighted by atomic mass is 35.5. The van der Waals surface area contributed by atoms with Crippen LogP contribution in [-0.2, 0) is 10.3 Å². The highest BCUT2D eigenvalue weighted by Crippen LogP contribution is 2.44. The second-order valence-corrected chi connectivity index (χ2v) is 9.22. The van der Waals surface area contributed by atoms with Gasteiger partial charge in [-0.3, -0.25) is 4.98 Å². The summed E-state index contributed by atoms with van der Waals surface area (Å²) < 4.78 is 4.66. The van der Waals surface area contributed by atoms with Gasteiger partial charge in [0.2, 0.25) is 0 Å². The number of pyridine rings is 1. The van der Waals surface area contributed by atoms with Gasteiger partial charge in [-0.1, -0.05) is 49.7 Å². The lowest BCUT2D eigenvalue weighted by atomic mass is 9.73. The predicted molar refractivity (Wildman–Crippen MR) is 128 cm³/mol. The van der Waals surface area contributed by atoms with E-state index in [-0.39, 0.29) is 5.92 Å². The van der Waals surface area contributed by atoms with Crippen LogP contribution in [0.3, 0.4) is 0 Å². The van der Waals surface area contributed by atoms with E-state index in [9.17, 15) is 9.90 Å². The van der Waals surface area contributed by atoms with Crippen LogP contribution in [0, 0.1) is 5.92 Å². The van der Waals surface area contributed by atoms with Gasteiger partial charge in [0.1, 0.15) is 0 Å². The normalized spacial score (nSPS) is 18.2. The van der Waals surface area contributed by atoms with Gasteiger partial charge in [-0.25, -0.2) is 4.79 Å². The average molecular weight is 460 g/mol. The minimum Gasteiger partial charge on any atom is -0.453 e. The first-order valence-electron chi connectivity index (χ1n) is 11.4. The van der Waals surface area contributed by atoms with Gasteiger partial charge in [0.15, 0.2) is 0 Å². The number of piperidine rings is 1. The van der Waals surface area contributed by atoms with E-state index in [1.54, 1.807) is 12.4 Å². The third-order valence-corrected chi connectivity index (χ3v) is 6.66. The van der Waals surface area contributed by atoms with Gasteiger partial charge in [0.25, 0.3) is 0 Å². The molecule has 6 nitrogen and oxygen atoms in total. The molecule has 1 fully saturated rings. The molecule has 0 radical (unpaired) electrons. The Morgan fingerprint density at radius 2 is 2.22 bits per heavy atom. The zero-order valence-corrected chi connectivity index (χ0v) is 19.9. The van der Waals surface area contributed by atoms with Crippen LogP contribution in [-0.4, -0.2) is 42.9 Å². The van der Waals surface area contributed by atoms with E-state index in [1.165, 1.54) is 12.7 Å². The molecule has 2 aromatic rings. The van der Waals surface area contributed by atoms with Crippen LogP contribution in [0.5, 0.6) is 0 Å². The maximum absolute atomic E-state index is 12.2. The molecule has 1 saturated heterocycles. The molecule has 1 amide bonds. The van der Waals surface area contributed by atoms with Crippen LogP contribution in [0.25, 0.3) is 11.1 Å². The van der Waals surface area contributed by atoms with E-state index >= 15 is 0 Å². The lowest BCUT2D eigenvalue weighted by Gasteiger charge is -2.40. The molecule has 32 heavy (non-hydrogen) atoms. The molecular formula is C25H34ClN3O3. The summed E-state index contributed by atoms with van der Waals surface area (Å²) >= 11 is 6.70. The highest BCUT2D eigenvalue weighted by molar-refractivity contribution is 6.33. The Kier molecular flexibility index (Phi) is 8.51. The van der Waals surface area contributed by atoms with Crippen LogP contribution >= 0.6 is 11.6 Å². The first kappa shape index (κ1) is 24.5. The van der Waals surface area contributed by atoms with E-state index in [4.69, 9.17) is 11.6 Å². The Labute approximate surface area is 195 Å². The molecule has 2 atom stereocenters. The Morgan fingerprint density at radius 3 is 2.91 bits per heavy atom. The lowest BCUT2D eigenvalue weighted by Crippen LogP contribution is -2.45. The topological polar surface area (TPSA) is 83.5 Å². The molecule has 0 aliphatic carbocycles. The van der Waals surface area contributed by atoms with Gasteiger partial charge in [0, 0.05) is 42.5 Å². The predicted octanol–water partition coefficient (Wildman–Crippen LogP) is 4.85. The number of carbonyl (C=O) groups excluding carboxylic acids is 1. The molecule has 3 rings (SSSR count). The summed E-state index contributed by atoms with van der Waals surface area (Å²) in [5.41, 5.74) is 2.64. The molecule has 2 unspecified atom stereocenters. The molecule has 174 valence electrons. The Bertz CT molecular complexity index is 915. The van der Waals surface area contributed by atoms with E-state index in [2.05, 4.69) is 46.3 Å². The van der Waals surface area contributed by atoms with Crippen molar-refractivity contribution >= 4 is 17.7 Å². The van der Waals surface area contributed by atoms with Crippen LogP contribution < -0.4 is 10.6 Å². The monoisotopic (exact) mass is 459 g/mol. The van der Waals surface area contributed by atoms with E-state index in [0.717, 1.165) is 42.6 Å². The Morgan fingerprint density at radius 1 is 1.41 bits per heavy atom. The van der Waals surface area contributed by atoms with Crippen molar-refractivity contribution in [3.05, 3.63) is 52.8 Å². The summed E-state index contributed by atoms with van der Waals surface area (Å²) in [6.45, 7) is 6.41. The molecule has 1 aliphatic heterocycles. The summed E-state index contributed by atoms with van der Waals surface area (Å²) in [4.78, 5) is 15.8. The number of ether oxygens (including phenoxy) is 1. The van der Waals surface area contributed by atoms with E-state index < -0.39 is 11.7 Å². The fraction of sp³-hybridized carbons (Fsp3) is 0.520. The number of hydrogen-bond acceptors (Lipinski definition) is 5. The van der Waals surface area contributed by atoms with E-state index in [0.29, 0.717) is 30.3 Å². The summed E-state index contributed by atoms with van der Waals surface area (Å²) in [5, 5.41) is 18.8. The number of carbonyl (C=O) groups is 1. The van der Waals surface area contributed by atoms with Crippen molar-refractivity contribution in [3.63, 3.8) is 0 Å². The fourth-order valence-corrected chi connectivity index (χ4v) is 4.82. The number of amides is 1. The zero-order chi connectivity index (χ0) is 23.1. The second kappa shape index (κ2) is 11.1. The van der Waals surface area contributed by atoms with Gasteiger partial charge in [-0.05, 0) is 49.3 Å². The molecule has 1 aromatic heterocycles. The number of aliphatic hydroxyl groups is 1. The van der Waals surface area contributed by atoms with Gasteiger partial charge in [0.05, 0.1) is 17.7 Å². The molecule has 0 saturated carbocycles. The Balaban J connectivity index is 2.01. The molecule has 7 heteroatoms. The zero-order valence-electron chi connectivity index (χ0n) is 19.2. The summed E-state index contributed by atoms with van der Waals surface area (Å²) in [6, 6.07) is 8.33. The van der Waals surface area contributed by atoms with Crippen LogP contribution in [0.2, 0.25) is 5.02 Å². The number of nitrogens with one attached hydrogen (secondary N) is 2. The quantitative estimate of drug-likeness (QED) is 0.491. The number of halogens is 1. The summed E-state index contributed by atoms with van der Waals surface area (Å²) in [7, 11) is 1.34. The van der Waals surface area contributed by atoms with Gasteiger partial charge in [-0.2, -0.15) is 0 Å². The SMILES string of the molecule is COC(=O)NCCCC(O)(c1cncc(Cl)c1-c1cccc(C(C)C)c1)C1CCCNC1. The molecule has 0 bridgehead atoms. The standard InChI is InChI=1S/C25H34ClN3O3/c1-17(2)18-7-4-8-19(13-18)23-21(15-28-16-22(23)26)25(31,20-9-5-11-27-14-20)10-6-12-29-24(30)32-3/h4,7-8,13,15-17,20,27,31H,5-6,9-12,14H2,1-3H3,(H,29,30). The first-order chi connectivity index (χ1) is 15.4. The van der Waals surface area contributed by atoms with Crippen molar-refractivity contribution in [1.82, 2.24) is 15.6 Å². The number of benzene rings is 1. The van der Waals surface area contributed by atoms with Crippen molar-refractivity contribution < 1.29 is 14.6 Å². The summed E-state index contributed by atoms with van der Waals surface area (Å²) in [5.74, 6) is 0.395. The first-order valence-corrected chi connectivity index (χ1v) is 11.7. The molecule has 1 aliphatic rings. The minimum absolute atomic E-state index is 0.0154. The van der Waals surface area contributed by atoms with Crippen molar-refractivity contribution in [3.8, 4) is 11.1 Å². The molecule has 2 heterocycles. The molecular weight excluding hydrogens is 426 g/mol. The van der Waals surface area contributed by atoms with Crippen molar-refractivity contribution in [2.75, 3.05) is 26.7 Å². The minimum atomic E-state index is -1.13. The van der Waals surface area contributed by atoms with E-state index in [1.807, 2.05) is 12.1 Å². The number of hydrogen-bond donors (Lipinski definition) is 3. The van der Waals surface area contributed by atoms with Crippen molar-refractivity contribution in [2.24, 2.45) is 5.92 Å². The molecule has 0 spiro atoms. The largest absolute Gasteiger partial charge is 0.453 e. The van der Waals surface area contributed by atoms with Crippen molar-refractivity contribution in [2.45, 2.75) is 51.0 Å². The number of alkyl carbamates (subject to hydrolysis) is 1. The third-order valence-electron chi connectivity index (χ3n) is 6.37. The van der Waals surface area contributed by atoms with Crippen molar-refractivity contribution in [1.29, 1.82) is 0 Å². The van der Waals surface area contributed by atoms with Crippen LogP contribution in [0.4, 0.5) is 4.79 Å². The van der Waals surface area contributed by atoms with Crippen LogP contribution in [0.1, 0.15) is 56.6 Å². The van der Waals surface area contributed by atoms with Gasteiger partial charge >= 0.3 is 6.09 Å². The highest BCUT2D eigenvalue weighted by Gasteiger charge is 2.41. The smallest absolute Gasteiger partial charge is 0.406 e. The second-order valence-electron chi connectivity index (χ2n) is 8.81. The Hall–Kier alpha value is -2.15. The van der Waals surface area contributed by atoms with Gasteiger partial charge in [-0.15, -0.1) is 0 Å². The molecule has 3 N–H and O–H groups in total. The number of aromatic nitrogens is 1. The average Bonchev–Trinajstić information content (AvgIpc) is 2.82. The van der Waals surface area contributed by atoms with Gasteiger partial charge < -0.3 is 20.5 Å². The maximum Gasteiger partial charge on any atom is 0.406 e.